The van der Waals surface area contributed by atoms with Crippen molar-refractivity contribution < 1.29 is 0 Å². The number of H-pyrrole nitrogens is 1. The van der Waals surface area contributed by atoms with E-state index >= 15 is 0 Å². The number of nitrogens with one attached hydrogen (secondary N) is 3. The van der Waals surface area contributed by atoms with Crippen LogP contribution >= 0.6 is 0 Å². The van der Waals surface area contributed by atoms with Crippen LogP contribution in [0.25, 0.3) is 11.0 Å². The molecule has 5 nitrogen and oxygen atoms in total. The predicted molar refractivity (Wildman–Crippen MR) is 62.2 cm³/mol. The van der Waals surface area contributed by atoms with Gasteiger partial charge in [-0.1, -0.05) is 0 Å². The van der Waals surface area contributed by atoms with Crippen molar-refractivity contribution in [1.82, 2.24) is 20.3 Å². The summed E-state index contributed by atoms with van der Waals surface area (Å²) in [7, 11) is 0. The van der Waals surface area contributed by atoms with Gasteiger partial charge in [-0.3, -0.25) is 0 Å². The van der Waals surface area contributed by atoms with Gasteiger partial charge in [-0.25, -0.2) is 9.97 Å². The van der Waals surface area contributed by atoms with Crippen LogP contribution in [0, 0.1) is 6.07 Å². The minimum absolute atomic E-state index is 0.454. The summed E-state index contributed by atoms with van der Waals surface area (Å²) in [5.74, 6) is 0.875. The van der Waals surface area contributed by atoms with Gasteiger partial charge in [-0.2, -0.15) is 0 Å². The summed E-state index contributed by atoms with van der Waals surface area (Å²) in [6, 6.07) is 3.57. The third kappa shape index (κ3) is 1.74. The molecule has 0 bridgehead atoms. The van der Waals surface area contributed by atoms with E-state index in [1.165, 1.54) is 12.8 Å². The van der Waals surface area contributed by atoms with Crippen molar-refractivity contribution in [2.24, 2.45) is 0 Å². The monoisotopic (exact) mass is 216 g/mol. The largest absolute Gasteiger partial charge is 0.365 e. The maximum absolute atomic E-state index is 4.27. The molecule has 1 radical (unpaired) electrons. The van der Waals surface area contributed by atoms with E-state index in [0.29, 0.717) is 6.04 Å². The highest BCUT2D eigenvalue weighted by Crippen LogP contribution is 2.18. The van der Waals surface area contributed by atoms with Gasteiger partial charge >= 0.3 is 0 Å². The van der Waals surface area contributed by atoms with Gasteiger partial charge in [0.2, 0.25) is 0 Å². The van der Waals surface area contributed by atoms with Gasteiger partial charge < -0.3 is 15.6 Å². The first-order valence-corrected chi connectivity index (χ1v) is 5.60. The molecule has 0 amide bonds. The Labute approximate surface area is 93.7 Å². The molecule has 83 valence electrons. The van der Waals surface area contributed by atoms with E-state index in [2.05, 4.69) is 31.7 Å². The van der Waals surface area contributed by atoms with Crippen LogP contribution in [-0.2, 0) is 0 Å². The summed E-state index contributed by atoms with van der Waals surface area (Å²) in [4.78, 5) is 11.4. The average molecular weight is 216 g/mol. The van der Waals surface area contributed by atoms with Gasteiger partial charge in [0.05, 0.1) is 5.39 Å². The first kappa shape index (κ1) is 9.59. The lowest BCUT2D eigenvalue weighted by Crippen LogP contribution is -2.38. The number of piperidine rings is 1. The fourth-order valence-corrected chi connectivity index (χ4v) is 2.09. The predicted octanol–water partition coefficient (Wildman–Crippen LogP) is 0.922. The van der Waals surface area contributed by atoms with Crippen molar-refractivity contribution in [2.45, 2.75) is 18.9 Å². The molecule has 3 rings (SSSR count). The van der Waals surface area contributed by atoms with E-state index < -0.39 is 0 Å². The zero-order valence-corrected chi connectivity index (χ0v) is 8.95. The second kappa shape index (κ2) is 4.09. The van der Waals surface area contributed by atoms with E-state index in [0.717, 1.165) is 29.9 Å². The van der Waals surface area contributed by atoms with Crippen molar-refractivity contribution in [3.63, 3.8) is 0 Å². The Morgan fingerprint density at radius 3 is 3.31 bits per heavy atom. The lowest BCUT2D eigenvalue weighted by Gasteiger charge is -2.24. The first-order chi connectivity index (χ1) is 7.93. The standard InChI is InChI=1S/C11H14N5/c1-2-8(6-12-4-1)16-11-9-3-5-13-10(9)14-7-15-11/h5,7-8,12H,1-2,4,6H2,(H2,13,14,15,16)/t8-/m1/s1. The van der Waals surface area contributed by atoms with Crippen LogP contribution in [0.3, 0.4) is 0 Å². The van der Waals surface area contributed by atoms with Crippen LogP contribution in [-0.4, -0.2) is 34.1 Å². The second-order valence-electron chi connectivity index (χ2n) is 4.07. The summed E-state index contributed by atoms with van der Waals surface area (Å²) in [6.45, 7) is 2.11. The van der Waals surface area contributed by atoms with Crippen molar-refractivity contribution in [3.05, 3.63) is 18.6 Å². The molecular weight excluding hydrogens is 202 g/mol. The van der Waals surface area contributed by atoms with Gasteiger partial charge in [0.1, 0.15) is 17.8 Å². The van der Waals surface area contributed by atoms with Crippen molar-refractivity contribution in [3.8, 4) is 0 Å². The van der Waals surface area contributed by atoms with Crippen molar-refractivity contribution >= 4 is 16.9 Å². The molecule has 3 N–H and O–H groups in total. The average Bonchev–Trinajstić information content (AvgIpc) is 2.80. The summed E-state index contributed by atoms with van der Waals surface area (Å²) in [6.07, 6.45) is 5.74. The van der Waals surface area contributed by atoms with E-state index in [1.54, 1.807) is 12.5 Å². The molecule has 0 spiro atoms. The van der Waals surface area contributed by atoms with Crippen LogP contribution in [0.5, 0.6) is 0 Å². The summed E-state index contributed by atoms with van der Waals surface area (Å²) >= 11 is 0. The SMILES string of the molecule is [c]1c[nH]c2ncnc(N[C@@H]3CCCNC3)c12. The Bertz CT molecular complexity index is 472. The molecule has 1 atom stereocenters. The van der Waals surface area contributed by atoms with Gasteiger partial charge in [0.25, 0.3) is 0 Å². The van der Waals surface area contributed by atoms with Crippen molar-refractivity contribution in [1.29, 1.82) is 0 Å². The first-order valence-electron chi connectivity index (χ1n) is 5.60. The molecule has 0 unspecified atom stereocenters. The third-order valence-corrected chi connectivity index (χ3v) is 2.91. The highest BCUT2D eigenvalue weighted by molar-refractivity contribution is 5.86. The van der Waals surface area contributed by atoms with Crippen LogP contribution in [0.1, 0.15) is 12.8 Å². The quantitative estimate of drug-likeness (QED) is 0.698. The van der Waals surface area contributed by atoms with Gasteiger partial charge in [0, 0.05) is 24.8 Å². The molecule has 0 saturated carbocycles. The van der Waals surface area contributed by atoms with Gasteiger partial charge in [-0.05, 0) is 19.4 Å². The molecule has 1 aliphatic heterocycles. The number of aromatic nitrogens is 3. The molecule has 2 aromatic heterocycles. The number of hydrogen-bond acceptors (Lipinski definition) is 4. The molecule has 5 heteroatoms. The zero-order chi connectivity index (χ0) is 10.8. The Balaban J connectivity index is 1.85. The highest BCUT2D eigenvalue weighted by atomic mass is 15.1. The summed E-state index contributed by atoms with van der Waals surface area (Å²) in [5.41, 5.74) is 0.835. The highest BCUT2D eigenvalue weighted by Gasteiger charge is 2.14. The zero-order valence-electron chi connectivity index (χ0n) is 8.95. The van der Waals surface area contributed by atoms with Crippen LogP contribution in [0.4, 0.5) is 5.82 Å². The molecule has 1 saturated heterocycles. The smallest absolute Gasteiger partial charge is 0.143 e. The van der Waals surface area contributed by atoms with Gasteiger partial charge in [0.15, 0.2) is 0 Å². The number of anilines is 1. The number of nitrogens with zero attached hydrogens (tertiary/aromatic N) is 2. The van der Waals surface area contributed by atoms with Crippen LogP contribution in [0.15, 0.2) is 12.5 Å². The summed E-state index contributed by atoms with van der Waals surface area (Å²) in [5, 5.41) is 7.76. The lowest BCUT2D eigenvalue weighted by molar-refractivity contribution is 0.479. The molecule has 1 aliphatic rings. The fraction of sp³-hybridized carbons (Fsp3) is 0.455. The molecule has 16 heavy (non-hydrogen) atoms. The maximum Gasteiger partial charge on any atom is 0.143 e. The molecule has 3 heterocycles. The Kier molecular flexibility index (Phi) is 2.46. The Morgan fingerprint density at radius 2 is 2.44 bits per heavy atom. The minimum Gasteiger partial charge on any atom is -0.365 e. The number of aromatic amines is 1. The van der Waals surface area contributed by atoms with E-state index in [1.807, 2.05) is 0 Å². The van der Waals surface area contributed by atoms with E-state index in [4.69, 9.17) is 0 Å². The molecule has 0 aromatic carbocycles. The Hall–Kier alpha value is -1.62. The van der Waals surface area contributed by atoms with E-state index in [9.17, 15) is 0 Å². The molecule has 1 fully saturated rings. The van der Waals surface area contributed by atoms with Crippen LogP contribution < -0.4 is 10.6 Å². The number of rotatable bonds is 2. The topological polar surface area (TPSA) is 65.6 Å². The molecular formula is C11H14N5. The minimum atomic E-state index is 0.454. The van der Waals surface area contributed by atoms with E-state index in [-0.39, 0.29) is 0 Å². The molecule has 0 aliphatic carbocycles. The normalized spacial score (nSPS) is 21.1. The Morgan fingerprint density at radius 1 is 1.44 bits per heavy atom. The van der Waals surface area contributed by atoms with Gasteiger partial charge in [-0.15, -0.1) is 0 Å². The second-order valence-corrected chi connectivity index (χ2v) is 4.07. The molecule has 2 aromatic rings. The van der Waals surface area contributed by atoms with Crippen molar-refractivity contribution in [2.75, 3.05) is 18.4 Å². The number of fused-ring (bicyclic) bond motifs is 1. The summed E-state index contributed by atoms with van der Waals surface area (Å²) < 4.78 is 0. The third-order valence-electron chi connectivity index (χ3n) is 2.91. The fourth-order valence-electron chi connectivity index (χ4n) is 2.09. The number of hydrogen-bond donors (Lipinski definition) is 3. The maximum atomic E-state index is 4.27. The van der Waals surface area contributed by atoms with Crippen LogP contribution in [0.2, 0.25) is 0 Å². The lowest BCUT2D eigenvalue weighted by atomic mass is 10.1.